The summed E-state index contributed by atoms with van der Waals surface area (Å²) in [5.41, 5.74) is 5.61. The number of phenolic OH excluding ortho intramolecular Hbond substituents is 2. The molecule has 4 N–H and O–H groups in total. The molecule has 0 radical (unpaired) electrons. The molecule has 1 unspecified atom stereocenters. The number of amides is 1. The van der Waals surface area contributed by atoms with Crippen molar-refractivity contribution < 1.29 is 19.7 Å². The van der Waals surface area contributed by atoms with Gasteiger partial charge in [0.15, 0.2) is 0 Å². The largest absolute Gasteiger partial charge is 0.507 e. The Labute approximate surface area is 106 Å². The highest BCUT2D eigenvalue weighted by molar-refractivity contribution is 5.99. The van der Waals surface area contributed by atoms with Crippen molar-refractivity contribution in [1.29, 1.82) is 0 Å². The first kappa shape index (κ1) is 14.3. The van der Waals surface area contributed by atoms with Crippen LogP contribution < -0.4 is 5.73 Å². The monoisotopic (exact) mass is 254 g/mol. The Bertz CT molecular complexity index is 402. The molecule has 100 valence electrons. The summed E-state index contributed by atoms with van der Waals surface area (Å²) in [5, 5.41) is 19.2. The predicted molar refractivity (Wildman–Crippen MR) is 66.6 cm³/mol. The van der Waals surface area contributed by atoms with Gasteiger partial charge in [-0.2, -0.15) is 0 Å². The van der Waals surface area contributed by atoms with E-state index in [9.17, 15) is 15.0 Å². The van der Waals surface area contributed by atoms with Crippen molar-refractivity contribution in [3.05, 3.63) is 23.8 Å². The van der Waals surface area contributed by atoms with Crippen molar-refractivity contribution >= 4 is 5.91 Å². The van der Waals surface area contributed by atoms with E-state index >= 15 is 0 Å². The number of ether oxygens (including phenoxy) is 1. The minimum atomic E-state index is -0.489. The van der Waals surface area contributed by atoms with Crippen LogP contribution in [0.1, 0.15) is 10.4 Å². The summed E-state index contributed by atoms with van der Waals surface area (Å²) >= 11 is 0. The molecule has 1 amide bonds. The molecule has 0 aliphatic heterocycles. The number of carbonyl (C=O) groups is 1. The molecule has 0 fully saturated rings. The highest BCUT2D eigenvalue weighted by Crippen LogP contribution is 2.27. The number of hydrogen-bond acceptors (Lipinski definition) is 5. The van der Waals surface area contributed by atoms with Crippen LogP contribution in [0.3, 0.4) is 0 Å². The van der Waals surface area contributed by atoms with E-state index in [-0.39, 0.29) is 29.6 Å². The van der Waals surface area contributed by atoms with Crippen molar-refractivity contribution in [2.45, 2.75) is 6.04 Å². The van der Waals surface area contributed by atoms with Gasteiger partial charge in [0.2, 0.25) is 0 Å². The number of phenols is 2. The van der Waals surface area contributed by atoms with Gasteiger partial charge >= 0.3 is 0 Å². The maximum absolute atomic E-state index is 12.0. The fraction of sp³-hybridized carbons (Fsp3) is 0.417. The number of nitrogens with two attached hydrogens (primary N) is 1. The second kappa shape index (κ2) is 6.23. The minimum Gasteiger partial charge on any atom is -0.507 e. The third kappa shape index (κ3) is 3.35. The lowest BCUT2D eigenvalue weighted by Crippen LogP contribution is -2.41. The summed E-state index contributed by atoms with van der Waals surface area (Å²) in [5.74, 6) is -1.00. The Morgan fingerprint density at radius 1 is 1.44 bits per heavy atom. The van der Waals surface area contributed by atoms with Gasteiger partial charge in [-0.25, -0.2) is 0 Å². The zero-order valence-corrected chi connectivity index (χ0v) is 10.5. The van der Waals surface area contributed by atoms with Crippen LogP contribution in [0.4, 0.5) is 0 Å². The molecule has 0 saturated heterocycles. The Kier molecular flexibility index (Phi) is 4.94. The number of likely N-dealkylation sites (N-methyl/N-ethyl adjacent to an activating group) is 1. The van der Waals surface area contributed by atoms with Crippen molar-refractivity contribution in [1.82, 2.24) is 4.90 Å². The van der Waals surface area contributed by atoms with Gasteiger partial charge in [0.25, 0.3) is 5.91 Å². The van der Waals surface area contributed by atoms with Gasteiger partial charge in [0.1, 0.15) is 17.1 Å². The van der Waals surface area contributed by atoms with Crippen LogP contribution in [0.25, 0.3) is 0 Å². The summed E-state index contributed by atoms with van der Waals surface area (Å²) in [4.78, 5) is 13.4. The summed E-state index contributed by atoms with van der Waals surface area (Å²) in [6, 6.07) is 3.82. The molecule has 18 heavy (non-hydrogen) atoms. The Morgan fingerprint density at radius 2 is 2.00 bits per heavy atom. The maximum Gasteiger partial charge on any atom is 0.261 e. The zero-order valence-electron chi connectivity index (χ0n) is 10.5. The Balaban J connectivity index is 2.81. The topological polar surface area (TPSA) is 96.0 Å². The normalized spacial score (nSPS) is 12.2. The molecule has 0 heterocycles. The van der Waals surface area contributed by atoms with E-state index in [0.29, 0.717) is 6.61 Å². The molecule has 6 nitrogen and oxygen atoms in total. The molecule has 6 heteroatoms. The third-order valence-corrected chi connectivity index (χ3v) is 2.47. The average Bonchev–Trinajstić information content (AvgIpc) is 2.28. The van der Waals surface area contributed by atoms with Crippen molar-refractivity contribution in [2.24, 2.45) is 5.73 Å². The zero-order chi connectivity index (χ0) is 13.7. The van der Waals surface area contributed by atoms with Gasteiger partial charge in [0, 0.05) is 26.7 Å². The second-order valence-corrected chi connectivity index (χ2v) is 4.07. The maximum atomic E-state index is 12.0. The molecule has 1 aromatic rings. The van der Waals surface area contributed by atoms with Gasteiger partial charge in [-0.05, 0) is 12.1 Å². The Morgan fingerprint density at radius 3 is 2.50 bits per heavy atom. The number of methoxy groups -OCH3 is 1. The SMILES string of the molecule is COCC(N)CN(C)C(=O)c1c(O)cccc1O. The molecule has 0 saturated carbocycles. The highest BCUT2D eigenvalue weighted by Gasteiger charge is 2.21. The quantitative estimate of drug-likeness (QED) is 0.694. The molecular weight excluding hydrogens is 236 g/mol. The molecule has 1 rings (SSSR count). The van der Waals surface area contributed by atoms with Crippen molar-refractivity contribution in [3.63, 3.8) is 0 Å². The van der Waals surface area contributed by atoms with Crippen LogP contribution in [-0.2, 0) is 4.74 Å². The lowest BCUT2D eigenvalue weighted by atomic mass is 10.1. The van der Waals surface area contributed by atoms with Crippen LogP contribution in [0.15, 0.2) is 18.2 Å². The summed E-state index contributed by atoms with van der Waals surface area (Å²) in [6.45, 7) is 0.588. The van der Waals surface area contributed by atoms with Gasteiger partial charge in [-0.1, -0.05) is 6.07 Å². The number of aromatic hydroxyl groups is 2. The van der Waals surface area contributed by atoms with E-state index < -0.39 is 5.91 Å². The van der Waals surface area contributed by atoms with Crippen molar-refractivity contribution in [3.8, 4) is 11.5 Å². The van der Waals surface area contributed by atoms with Crippen molar-refractivity contribution in [2.75, 3.05) is 27.3 Å². The van der Waals surface area contributed by atoms with Crippen LogP contribution in [0, 0.1) is 0 Å². The fourth-order valence-electron chi connectivity index (χ4n) is 1.64. The van der Waals surface area contributed by atoms with Crippen LogP contribution in [0.2, 0.25) is 0 Å². The molecule has 0 bridgehead atoms. The fourth-order valence-corrected chi connectivity index (χ4v) is 1.64. The first-order valence-electron chi connectivity index (χ1n) is 5.48. The summed E-state index contributed by atoms with van der Waals surface area (Å²) in [7, 11) is 3.07. The average molecular weight is 254 g/mol. The first-order chi connectivity index (χ1) is 8.47. The third-order valence-electron chi connectivity index (χ3n) is 2.47. The summed E-state index contributed by atoms with van der Waals surface area (Å²) in [6.07, 6.45) is 0. The lowest BCUT2D eigenvalue weighted by Gasteiger charge is -2.21. The molecule has 0 spiro atoms. The molecule has 0 aromatic heterocycles. The van der Waals surface area contributed by atoms with E-state index in [4.69, 9.17) is 10.5 Å². The minimum absolute atomic E-state index is 0.121. The van der Waals surface area contributed by atoms with E-state index in [1.807, 2.05) is 0 Å². The highest BCUT2D eigenvalue weighted by atomic mass is 16.5. The number of rotatable bonds is 5. The molecule has 1 aromatic carbocycles. The van der Waals surface area contributed by atoms with Gasteiger partial charge < -0.3 is 25.6 Å². The van der Waals surface area contributed by atoms with E-state index in [2.05, 4.69) is 0 Å². The number of carbonyl (C=O) groups excluding carboxylic acids is 1. The number of benzene rings is 1. The van der Waals surface area contributed by atoms with Gasteiger partial charge in [0.05, 0.1) is 6.61 Å². The lowest BCUT2D eigenvalue weighted by molar-refractivity contribution is 0.0758. The molecular formula is C12H18N2O4. The van der Waals surface area contributed by atoms with Gasteiger partial charge in [-0.3, -0.25) is 4.79 Å². The second-order valence-electron chi connectivity index (χ2n) is 4.07. The smallest absolute Gasteiger partial charge is 0.261 e. The number of nitrogens with zero attached hydrogens (tertiary/aromatic N) is 1. The predicted octanol–water partition coefficient (Wildman–Crippen LogP) is 0.143. The van der Waals surface area contributed by atoms with Gasteiger partial charge in [-0.15, -0.1) is 0 Å². The Hall–Kier alpha value is -1.79. The molecule has 0 aliphatic carbocycles. The number of hydrogen-bond donors (Lipinski definition) is 3. The molecule has 0 aliphatic rings. The first-order valence-corrected chi connectivity index (χ1v) is 5.48. The van der Waals surface area contributed by atoms with Crippen LogP contribution in [-0.4, -0.2) is 54.4 Å². The summed E-state index contributed by atoms with van der Waals surface area (Å²) < 4.78 is 4.88. The van der Waals surface area contributed by atoms with E-state index in [1.54, 1.807) is 7.05 Å². The van der Waals surface area contributed by atoms with E-state index in [1.165, 1.54) is 30.2 Å². The van der Waals surface area contributed by atoms with Crippen LogP contribution in [0.5, 0.6) is 11.5 Å². The standard InChI is InChI=1S/C12H18N2O4/c1-14(6-8(13)7-18-2)12(17)11-9(15)4-3-5-10(11)16/h3-5,8,15-16H,6-7,13H2,1-2H3. The molecule has 1 atom stereocenters. The van der Waals surface area contributed by atoms with Crippen LogP contribution >= 0.6 is 0 Å². The van der Waals surface area contributed by atoms with E-state index in [0.717, 1.165) is 0 Å².